The smallest absolute Gasteiger partial charge is 0.141 e. The zero-order chi connectivity index (χ0) is 8.55. The Balaban J connectivity index is 2.79. The van der Waals surface area contributed by atoms with Gasteiger partial charge in [-0.25, -0.2) is 9.97 Å². The van der Waals surface area contributed by atoms with E-state index in [2.05, 4.69) is 15.0 Å². The van der Waals surface area contributed by atoms with E-state index in [0.29, 0.717) is 0 Å². The Hall–Kier alpha value is -1.23. The van der Waals surface area contributed by atoms with Crippen LogP contribution in [0, 0.1) is 0 Å². The van der Waals surface area contributed by atoms with Gasteiger partial charge >= 0.3 is 0 Å². The van der Waals surface area contributed by atoms with Crippen LogP contribution in [0.5, 0.6) is 0 Å². The monoisotopic (exact) mass is 181 g/mol. The minimum atomic E-state index is -0.984. The molecule has 0 spiro atoms. The van der Waals surface area contributed by atoms with Crippen LogP contribution in [-0.4, -0.2) is 25.4 Å². The van der Waals surface area contributed by atoms with E-state index >= 15 is 0 Å². The molecule has 0 aliphatic carbocycles. The summed E-state index contributed by atoms with van der Waals surface area (Å²) in [6.45, 7) is 0. The minimum absolute atomic E-state index is 0.732. The van der Waals surface area contributed by atoms with Crippen LogP contribution in [-0.2, 0) is 10.8 Å². The topological polar surface area (TPSA) is 58.6 Å². The van der Waals surface area contributed by atoms with Crippen molar-refractivity contribution in [3.63, 3.8) is 0 Å². The number of nitrogens with zero attached hydrogens (tertiary/aromatic N) is 2. The molecule has 0 radical (unpaired) electrons. The Bertz CT molecular complexity index is 437. The van der Waals surface area contributed by atoms with Gasteiger partial charge in [0.25, 0.3) is 0 Å². The average Bonchev–Trinajstić information content (AvgIpc) is 2.47. The van der Waals surface area contributed by atoms with Crippen molar-refractivity contribution in [1.82, 2.24) is 15.0 Å². The van der Waals surface area contributed by atoms with Crippen molar-refractivity contribution in [3.05, 3.63) is 18.7 Å². The second-order valence-electron chi connectivity index (χ2n) is 2.39. The van der Waals surface area contributed by atoms with Gasteiger partial charge < -0.3 is 4.98 Å². The van der Waals surface area contributed by atoms with E-state index in [1.807, 2.05) is 0 Å². The van der Waals surface area contributed by atoms with Crippen molar-refractivity contribution in [2.75, 3.05) is 6.26 Å². The first-order valence-corrected chi connectivity index (χ1v) is 4.95. The number of nitrogens with one attached hydrogen (secondary N) is 1. The molecular weight excluding hydrogens is 174 g/mol. The predicted octanol–water partition coefficient (Wildman–Crippen LogP) is 0.695. The van der Waals surface area contributed by atoms with Gasteiger partial charge in [0, 0.05) is 18.6 Å². The average molecular weight is 181 g/mol. The predicted molar refractivity (Wildman–Crippen MR) is 46.2 cm³/mol. The highest BCUT2D eigenvalue weighted by Crippen LogP contribution is 2.16. The number of aromatic amines is 1. The summed E-state index contributed by atoms with van der Waals surface area (Å²) in [5.74, 6) is 0. The van der Waals surface area contributed by atoms with Crippen LogP contribution < -0.4 is 0 Å². The molecule has 62 valence electrons. The second kappa shape index (κ2) is 2.67. The summed E-state index contributed by atoms with van der Waals surface area (Å²) >= 11 is 0. The highest BCUT2D eigenvalue weighted by Gasteiger charge is 2.06. The van der Waals surface area contributed by atoms with Crippen LogP contribution in [0.4, 0.5) is 0 Å². The van der Waals surface area contributed by atoms with Crippen LogP contribution in [0.15, 0.2) is 23.6 Å². The lowest BCUT2D eigenvalue weighted by molar-refractivity contribution is 0.687. The number of hydrogen-bond acceptors (Lipinski definition) is 3. The number of fused-ring (bicyclic) bond motifs is 1. The summed E-state index contributed by atoms with van der Waals surface area (Å²) < 4.78 is 11.2. The van der Waals surface area contributed by atoms with Gasteiger partial charge in [-0.3, -0.25) is 4.21 Å². The molecule has 0 aliphatic heterocycles. The first kappa shape index (κ1) is 7.42. The molecule has 0 aromatic carbocycles. The summed E-state index contributed by atoms with van der Waals surface area (Å²) in [6, 6.07) is 0. The molecule has 1 atom stereocenters. The lowest BCUT2D eigenvalue weighted by Gasteiger charge is -1.89. The largest absolute Gasteiger partial charge is 0.345 e. The van der Waals surface area contributed by atoms with Gasteiger partial charge in [0.2, 0.25) is 0 Å². The van der Waals surface area contributed by atoms with Gasteiger partial charge in [0.1, 0.15) is 12.0 Å². The van der Waals surface area contributed by atoms with Crippen LogP contribution in [0.25, 0.3) is 11.0 Å². The van der Waals surface area contributed by atoms with E-state index < -0.39 is 10.8 Å². The molecule has 1 N–H and O–H groups in total. The van der Waals surface area contributed by atoms with Crippen molar-refractivity contribution >= 4 is 21.8 Å². The molecule has 0 saturated carbocycles. The standard InChI is InChI=1S/C7H7N3OS/c1-12(11)6-3-9-7-5(6)2-8-4-10-7/h2-4H,1H3,(H,8,9,10). The SMILES string of the molecule is CS(=O)c1c[nH]c2ncncc12. The van der Waals surface area contributed by atoms with Gasteiger partial charge in [-0.05, 0) is 0 Å². The molecule has 1 unspecified atom stereocenters. The quantitative estimate of drug-likeness (QED) is 0.704. The number of aromatic nitrogens is 3. The summed E-state index contributed by atoms with van der Waals surface area (Å²) in [7, 11) is -0.984. The van der Waals surface area contributed by atoms with E-state index in [0.717, 1.165) is 15.9 Å². The van der Waals surface area contributed by atoms with E-state index in [4.69, 9.17) is 0 Å². The maximum Gasteiger partial charge on any atom is 0.141 e. The summed E-state index contributed by atoms with van der Waals surface area (Å²) in [5, 5.41) is 0.832. The molecule has 12 heavy (non-hydrogen) atoms. The maximum atomic E-state index is 11.2. The summed E-state index contributed by atoms with van der Waals surface area (Å²) in [4.78, 5) is 11.5. The Labute approximate surface area is 71.5 Å². The van der Waals surface area contributed by atoms with E-state index in [1.54, 1.807) is 18.6 Å². The lowest BCUT2D eigenvalue weighted by atomic mass is 10.4. The molecule has 2 heterocycles. The Kier molecular flexibility index (Phi) is 1.65. The van der Waals surface area contributed by atoms with Crippen molar-refractivity contribution in [2.45, 2.75) is 4.90 Å². The van der Waals surface area contributed by atoms with Crippen LogP contribution in [0.1, 0.15) is 0 Å². The number of H-pyrrole nitrogens is 1. The van der Waals surface area contributed by atoms with Crippen LogP contribution >= 0.6 is 0 Å². The highest BCUT2D eigenvalue weighted by atomic mass is 32.2. The lowest BCUT2D eigenvalue weighted by Crippen LogP contribution is -1.85. The zero-order valence-electron chi connectivity index (χ0n) is 6.44. The molecule has 0 amide bonds. The van der Waals surface area contributed by atoms with Gasteiger partial charge in [-0.1, -0.05) is 0 Å². The molecule has 2 aromatic rings. The van der Waals surface area contributed by atoms with E-state index in [1.165, 1.54) is 6.33 Å². The second-order valence-corrected chi connectivity index (χ2v) is 3.74. The van der Waals surface area contributed by atoms with Gasteiger partial charge in [0.15, 0.2) is 0 Å². The van der Waals surface area contributed by atoms with E-state index in [-0.39, 0.29) is 0 Å². The fourth-order valence-corrected chi connectivity index (χ4v) is 1.76. The van der Waals surface area contributed by atoms with Crippen molar-refractivity contribution < 1.29 is 4.21 Å². The maximum absolute atomic E-state index is 11.2. The van der Waals surface area contributed by atoms with Crippen LogP contribution in [0.2, 0.25) is 0 Å². The Morgan fingerprint density at radius 3 is 3.17 bits per heavy atom. The minimum Gasteiger partial charge on any atom is -0.345 e. The molecule has 2 rings (SSSR count). The Morgan fingerprint density at radius 1 is 1.58 bits per heavy atom. The summed E-state index contributed by atoms with van der Waals surface area (Å²) in [6.07, 6.45) is 6.46. The van der Waals surface area contributed by atoms with E-state index in [9.17, 15) is 4.21 Å². The summed E-state index contributed by atoms with van der Waals surface area (Å²) in [5.41, 5.74) is 0.732. The van der Waals surface area contributed by atoms with Crippen molar-refractivity contribution in [1.29, 1.82) is 0 Å². The molecule has 0 saturated heterocycles. The van der Waals surface area contributed by atoms with Crippen molar-refractivity contribution in [2.24, 2.45) is 0 Å². The van der Waals surface area contributed by atoms with Crippen molar-refractivity contribution in [3.8, 4) is 0 Å². The molecule has 0 bridgehead atoms. The third-order valence-electron chi connectivity index (χ3n) is 1.63. The molecule has 2 aromatic heterocycles. The zero-order valence-corrected chi connectivity index (χ0v) is 7.26. The molecule has 4 nitrogen and oxygen atoms in total. The molecular formula is C7H7N3OS. The molecule has 0 fully saturated rings. The van der Waals surface area contributed by atoms with Gasteiger partial charge in [0.05, 0.1) is 21.1 Å². The highest BCUT2D eigenvalue weighted by molar-refractivity contribution is 7.84. The van der Waals surface area contributed by atoms with Crippen LogP contribution in [0.3, 0.4) is 0 Å². The number of rotatable bonds is 1. The normalized spacial score (nSPS) is 13.4. The molecule has 5 heteroatoms. The van der Waals surface area contributed by atoms with Gasteiger partial charge in [-0.15, -0.1) is 0 Å². The Morgan fingerprint density at radius 2 is 2.42 bits per heavy atom. The first-order chi connectivity index (χ1) is 5.79. The third kappa shape index (κ3) is 1.02. The first-order valence-electron chi connectivity index (χ1n) is 3.39. The van der Waals surface area contributed by atoms with Gasteiger partial charge in [-0.2, -0.15) is 0 Å². The fraction of sp³-hybridized carbons (Fsp3) is 0.143. The number of hydrogen-bond donors (Lipinski definition) is 1. The fourth-order valence-electron chi connectivity index (χ4n) is 1.07. The third-order valence-corrected chi connectivity index (χ3v) is 2.58. The molecule has 0 aliphatic rings.